The van der Waals surface area contributed by atoms with E-state index in [4.69, 9.17) is 0 Å². The summed E-state index contributed by atoms with van der Waals surface area (Å²) in [5, 5.41) is 5.21. The highest BCUT2D eigenvalue weighted by Crippen LogP contribution is 2.11. The Morgan fingerprint density at radius 2 is 1.95 bits per heavy atom. The van der Waals surface area contributed by atoms with Gasteiger partial charge in [-0.2, -0.15) is 0 Å². The molecule has 5 nitrogen and oxygen atoms in total. The molecule has 0 bridgehead atoms. The minimum Gasteiger partial charge on any atom is -0.347 e. The van der Waals surface area contributed by atoms with Crippen molar-refractivity contribution in [2.24, 2.45) is 0 Å². The molecule has 2 N–H and O–H groups in total. The highest BCUT2D eigenvalue weighted by molar-refractivity contribution is 5.92. The van der Waals surface area contributed by atoms with E-state index >= 15 is 0 Å². The van der Waals surface area contributed by atoms with Crippen molar-refractivity contribution in [3.05, 3.63) is 30.1 Å². The van der Waals surface area contributed by atoms with Gasteiger partial charge < -0.3 is 10.2 Å². The Kier molecular flexibility index (Phi) is 5.44. The number of rotatable bonds is 5. The lowest BCUT2D eigenvalue weighted by Gasteiger charge is -2.17. The summed E-state index contributed by atoms with van der Waals surface area (Å²) < 4.78 is 13.3. The molecule has 1 unspecified atom stereocenters. The fourth-order valence-corrected chi connectivity index (χ4v) is 1.48. The second-order valence-electron chi connectivity index (χ2n) is 4.36. The molecule has 0 heterocycles. The van der Waals surface area contributed by atoms with E-state index in [1.54, 1.807) is 33.2 Å². The van der Waals surface area contributed by atoms with Gasteiger partial charge in [0.05, 0.1) is 18.3 Å². The van der Waals surface area contributed by atoms with Gasteiger partial charge in [-0.1, -0.05) is 12.1 Å². The smallest absolute Gasteiger partial charge is 0.238 e. The van der Waals surface area contributed by atoms with Crippen LogP contribution in [0.4, 0.5) is 10.1 Å². The van der Waals surface area contributed by atoms with Crippen molar-refractivity contribution in [1.82, 2.24) is 10.2 Å². The molecular weight excluding hydrogens is 249 g/mol. The number of hydrogen-bond donors (Lipinski definition) is 2. The van der Waals surface area contributed by atoms with Crippen LogP contribution in [0.25, 0.3) is 0 Å². The van der Waals surface area contributed by atoms with Crippen molar-refractivity contribution < 1.29 is 14.0 Å². The number of benzene rings is 1. The molecule has 0 aromatic heterocycles. The number of anilines is 1. The first-order valence-corrected chi connectivity index (χ1v) is 5.90. The molecule has 0 saturated carbocycles. The molecule has 0 aliphatic carbocycles. The number of likely N-dealkylation sites (N-methyl/N-ethyl adjacent to an activating group) is 1. The molecule has 0 radical (unpaired) electrons. The molecule has 0 aliphatic rings. The number of hydrogen-bond acceptors (Lipinski definition) is 3. The van der Waals surface area contributed by atoms with Crippen LogP contribution in [0.2, 0.25) is 0 Å². The highest BCUT2D eigenvalue weighted by Gasteiger charge is 2.15. The van der Waals surface area contributed by atoms with Crippen LogP contribution in [0, 0.1) is 5.82 Å². The van der Waals surface area contributed by atoms with Gasteiger partial charge in [0.1, 0.15) is 5.82 Å². The summed E-state index contributed by atoms with van der Waals surface area (Å²) in [6, 6.07) is 5.44. The maximum Gasteiger partial charge on any atom is 0.238 e. The SMILES string of the molecule is CC(NCC(=O)Nc1ccccc1F)C(=O)N(C)C. The van der Waals surface area contributed by atoms with Crippen LogP contribution in [-0.2, 0) is 9.59 Å². The van der Waals surface area contributed by atoms with E-state index in [9.17, 15) is 14.0 Å². The lowest BCUT2D eigenvalue weighted by molar-refractivity contribution is -0.130. The number of para-hydroxylation sites is 1. The molecule has 2 amide bonds. The van der Waals surface area contributed by atoms with Gasteiger partial charge in [0.2, 0.25) is 11.8 Å². The Bertz CT molecular complexity index is 463. The number of carbonyl (C=O) groups excluding carboxylic acids is 2. The van der Waals surface area contributed by atoms with Gasteiger partial charge in [0, 0.05) is 14.1 Å². The molecule has 1 rings (SSSR count). The average Bonchev–Trinajstić information content (AvgIpc) is 2.37. The van der Waals surface area contributed by atoms with Crippen LogP contribution in [0.15, 0.2) is 24.3 Å². The van der Waals surface area contributed by atoms with Gasteiger partial charge in [-0.3, -0.25) is 14.9 Å². The number of nitrogens with one attached hydrogen (secondary N) is 2. The maximum atomic E-state index is 13.3. The van der Waals surface area contributed by atoms with Crippen LogP contribution >= 0.6 is 0 Å². The second kappa shape index (κ2) is 6.84. The van der Waals surface area contributed by atoms with Crippen LogP contribution in [0.1, 0.15) is 6.92 Å². The van der Waals surface area contributed by atoms with E-state index in [-0.39, 0.29) is 18.1 Å². The van der Waals surface area contributed by atoms with Crippen molar-refractivity contribution in [2.75, 3.05) is 26.0 Å². The van der Waals surface area contributed by atoms with Crippen molar-refractivity contribution in [2.45, 2.75) is 13.0 Å². The predicted octanol–water partition coefficient (Wildman–Crippen LogP) is 0.830. The quantitative estimate of drug-likeness (QED) is 0.830. The van der Waals surface area contributed by atoms with E-state index < -0.39 is 17.8 Å². The van der Waals surface area contributed by atoms with E-state index in [0.717, 1.165) is 0 Å². The molecule has 1 aromatic carbocycles. The number of halogens is 1. The third-order valence-electron chi connectivity index (χ3n) is 2.53. The van der Waals surface area contributed by atoms with E-state index in [0.29, 0.717) is 0 Å². The van der Waals surface area contributed by atoms with E-state index in [2.05, 4.69) is 10.6 Å². The Morgan fingerprint density at radius 1 is 1.32 bits per heavy atom. The molecule has 6 heteroatoms. The van der Waals surface area contributed by atoms with Crippen LogP contribution in [-0.4, -0.2) is 43.4 Å². The average molecular weight is 267 g/mol. The number of amides is 2. The van der Waals surface area contributed by atoms with Gasteiger partial charge in [-0.05, 0) is 19.1 Å². The summed E-state index contributed by atoms with van der Waals surface area (Å²) in [4.78, 5) is 24.6. The molecule has 1 aromatic rings. The standard InChI is InChI=1S/C13H18FN3O2/c1-9(13(19)17(2)3)15-8-12(18)16-11-7-5-4-6-10(11)14/h4-7,9,15H,8H2,1-3H3,(H,16,18). The summed E-state index contributed by atoms with van der Waals surface area (Å²) in [7, 11) is 3.28. The lowest BCUT2D eigenvalue weighted by Crippen LogP contribution is -2.44. The van der Waals surface area contributed by atoms with E-state index in [1.165, 1.54) is 17.0 Å². The van der Waals surface area contributed by atoms with Gasteiger partial charge in [-0.15, -0.1) is 0 Å². The molecule has 0 spiro atoms. The molecule has 1 atom stereocenters. The minimum atomic E-state index is -0.492. The Labute approximate surface area is 111 Å². The zero-order chi connectivity index (χ0) is 14.4. The summed E-state index contributed by atoms with van der Waals surface area (Å²) in [5.41, 5.74) is 0.126. The van der Waals surface area contributed by atoms with Gasteiger partial charge in [0.15, 0.2) is 0 Å². The van der Waals surface area contributed by atoms with Crippen molar-refractivity contribution >= 4 is 17.5 Å². The molecule has 0 saturated heterocycles. The summed E-state index contributed by atoms with van der Waals surface area (Å²) in [6.45, 7) is 1.60. The zero-order valence-electron chi connectivity index (χ0n) is 11.2. The fraction of sp³-hybridized carbons (Fsp3) is 0.385. The topological polar surface area (TPSA) is 61.4 Å². The first-order valence-electron chi connectivity index (χ1n) is 5.90. The summed E-state index contributed by atoms with van der Waals surface area (Å²) in [5.74, 6) is -1.02. The summed E-state index contributed by atoms with van der Waals surface area (Å²) in [6.07, 6.45) is 0. The monoisotopic (exact) mass is 267 g/mol. The number of nitrogens with zero attached hydrogens (tertiary/aromatic N) is 1. The number of carbonyl (C=O) groups is 2. The van der Waals surface area contributed by atoms with E-state index in [1.807, 2.05) is 0 Å². The molecule has 0 aliphatic heterocycles. The second-order valence-corrected chi connectivity index (χ2v) is 4.36. The van der Waals surface area contributed by atoms with Crippen LogP contribution in [0.3, 0.4) is 0 Å². The Hall–Kier alpha value is -1.95. The lowest BCUT2D eigenvalue weighted by atomic mass is 10.3. The van der Waals surface area contributed by atoms with Crippen molar-refractivity contribution in [1.29, 1.82) is 0 Å². The third kappa shape index (κ3) is 4.67. The Morgan fingerprint density at radius 3 is 2.53 bits per heavy atom. The maximum absolute atomic E-state index is 13.3. The van der Waals surface area contributed by atoms with Crippen LogP contribution < -0.4 is 10.6 Å². The molecule has 19 heavy (non-hydrogen) atoms. The van der Waals surface area contributed by atoms with Crippen LogP contribution in [0.5, 0.6) is 0 Å². The zero-order valence-corrected chi connectivity index (χ0v) is 11.2. The largest absolute Gasteiger partial charge is 0.347 e. The fourth-order valence-electron chi connectivity index (χ4n) is 1.48. The molecular formula is C13H18FN3O2. The van der Waals surface area contributed by atoms with Gasteiger partial charge >= 0.3 is 0 Å². The predicted molar refractivity (Wildman–Crippen MR) is 71.2 cm³/mol. The first-order chi connectivity index (χ1) is 8.91. The highest BCUT2D eigenvalue weighted by atomic mass is 19.1. The normalized spacial score (nSPS) is 11.8. The molecule has 0 fully saturated rings. The Balaban J connectivity index is 2.45. The summed E-state index contributed by atoms with van der Waals surface area (Å²) >= 11 is 0. The van der Waals surface area contributed by atoms with Crippen molar-refractivity contribution in [3.63, 3.8) is 0 Å². The van der Waals surface area contributed by atoms with Crippen molar-refractivity contribution in [3.8, 4) is 0 Å². The first kappa shape index (κ1) is 15.1. The molecule has 104 valence electrons. The minimum absolute atomic E-state index is 0.0604. The third-order valence-corrected chi connectivity index (χ3v) is 2.53. The van der Waals surface area contributed by atoms with Gasteiger partial charge in [0.25, 0.3) is 0 Å². The van der Waals surface area contributed by atoms with Gasteiger partial charge in [-0.25, -0.2) is 4.39 Å².